The maximum absolute atomic E-state index is 12.2. The molecule has 0 bridgehead atoms. The normalized spacial score (nSPS) is 10.4. The zero-order valence-corrected chi connectivity index (χ0v) is 11.7. The Bertz CT molecular complexity index is 682. The van der Waals surface area contributed by atoms with Crippen LogP contribution in [0.15, 0.2) is 35.3 Å². The molecule has 21 heavy (non-hydrogen) atoms. The molecule has 2 rings (SSSR count). The van der Waals surface area contributed by atoms with Crippen molar-refractivity contribution in [2.24, 2.45) is 5.84 Å². The average Bonchev–Trinajstić information content (AvgIpc) is 2.54. The molecule has 0 unspecified atom stereocenters. The number of amides is 1. The van der Waals surface area contributed by atoms with Gasteiger partial charge in [0.2, 0.25) is 0 Å². The fourth-order valence-electron chi connectivity index (χ4n) is 1.88. The lowest BCUT2D eigenvalue weighted by molar-refractivity contribution is 0.0951. The Kier molecular flexibility index (Phi) is 4.78. The highest BCUT2D eigenvalue weighted by molar-refractivity contribution is 5.94. The molecule has 0 spiro atoms. The summed E-state index contributed by atoms with van der Waals surface area (Å²) in [4.78, 5) is 28.2. The molecule has 110 valence electrons. The first-order chi connectivity index (χ1) is 10.2. The van der Waals surface area contributed by atoms with Crippen LogP contribution in [0.3, 0.4) is 0 Å². The molecule has 0 saturated heterocycles. The molecule has 2 heterocycles. The summed E-state index contributed by atoms with van der Waals surface area (Å²) >= 11 is 0. The van der Waals surface area contributed by atoms with Crippen LogP contribution >= 0.6 is 0 Å². The van der Waals surface area contributed by atoms with E-state index in [0.717, 1.165) is 12.8 Å². The number of pyridine rings is 1. The van der Waals surface area contributed by atoms with Crippen molar-refractivity contribution in [3.63, 3.8) is 0 Å². The quantitative estimate of drug-likeness (QED) is 0.479. The van der Waals surface area contributed by atoms with Gasteiger partial charge < -0.3 is 0 Å². The van der Waals surface area contributed by atoms with Gasteiger partial charge in [0.05, 0.1) is 5.69 Å². The van der Waals surface area contributed by atoms with E-state index in [1.54, 1.807) is 18.3 Å². The van der Waals surface area contributed by atoms with Crippen molar-refractivity contribution in [1.82, 2.24) is 20.2 Å². The van der Waals surface area contributed by atoms with Crippen molar-refractivity contribution in [2.45, 2.75) is 26.3 Å². The molecule has 0 radical (unpaired) electrons. The van der Waals surface area contributed by atoms with Crippen molar-refractivity contribution in [1.29, 1.82) is 0 Å². The van der Waals surface area contributed by atoms with E-state index in [4.69, 9.17) is 5.84 Å². The van der Waals surface area contributed by atoms with Crippen LogP contribution in [-0.4, -0.2) is 20.7 Å². The van der Waals surface area contributed by atoms with Gasteiger partial charge in [0.15, 0.2) is 0 Å². The first kappa shape index (κ1) is 14.9. The Labute approximate surface area is 121 Å². The monoisotopic (exact) mass is 287 g/mol. The van der Waals surface area contributed by atoms with Crippen LogP contribution in [0.1, 0.15) is 30.1 Å². The van der Waals surface area contributed by atoms with E-state index in [2.05, 4.69) is 10.1 Å². The van der Waals surface area contributed by atoms with Crippen LogP contribution in [0.25, 0.3) is 11.4 Å². The minimum Gasteiger partial charge on any atom is -0.290 e. The van der Waals surface area contributed by atoms with Gasteiger partial charge in [-0.1, -0.05) is 19.4 Å². The number of nitrogen functional groups attached to an aromatic ring is 1. The number of carbonyl (C=O) groups is 1. The second-order valence-corrected chi connectivity index (χ2v) is 4.51. The molecule has 0 saturated carbocycles. The molecule has 0 aliphatic heterocycles. The van der Waals surface area contributed by atoms with Gasteiger partial charge >= 0.3 is 0 Å². The molecule has 3 N–H and O–H groups in total. The van der Waals surface area contributed by atoms with Crippen LogP contribution in [-0.2, 0) is 6.54 Å². The Balaban J connectivity index is 2.56. The van der Waals surface area contributed by atoms with Crippen molar-refractivity contribution >= 4 is 5.91 Å². The molecule has 1 amide bonds. The van der Waals surface area contributed by atoms with Crippen molar-refractivity contribution < 1.29 is 4.79 Å². The fraction of sp³-hybridized carbons (Fsp3) is 0.286. The Morgan fingerprint density at radius 2 is 2.19 bits per heavy atom. The predicted molar refractivity (Wildman–Crippen MR) is 78.3 cm³/mol. The zero-order chi connectivity index (χ0) is 15.2. The maximum atomic E-state index is 12.2. The summed E-state index contributed by atoms with van der Waals surface area (Å²) in [7, 11) is 0. The highest BCUT2D eigenvalue weighted by Gasteiger charge is 2.15. The third kappa shape index (κ3) is 3.32. The smallest absolute Gasteiger partial charge is 0.279 e. The van der Waals surface area contributed by atoms with Gasteiger partial charge in [-0.05, 0) is 24.6 Å². The van der Waals surface area contributed by atoms with Gasteiger partial charge in [-0.2, -0.15) is 5.10 Å². The molecular formula is C14H17N5O2. The molecule has 0 fully saturated rings. The third-order valence-electron chi connectivity index (χ3n) is 3.00. The van der Waals surface area contributed by atoms with E-state index < -0.39 is 11.5 Å². The number of hydrazine groups is 1. The highest BCUT2D eigenvalue weighted by atomic mass is 16.2. The number of rotatable bonds is 5. The Hall–Kier alpha value is -2.54. The van der Waals surface area contributed by atoms with Gasteiger partial charge in [-0.15, -0.1) is 0 Å². The lowest BCUT2D eigenvalue weighted by Crippen LogP contribution is -2.37. The van der Waals surface area contributed by atoms with Crippen LogP contribution in [0.2, 0.25) is 0 Å². The van der Waals surface area contributed by atoms with Crippen LogP contribution in [0, 0.1) is 0 Å². The molecule has 2 aromatic heterocycles. The minimum atomic E-state index is -0.634. The summed E-state index contributed by atoms with van der Waals surface area (Å²) in [5.41, 5.74) is 2.55. The largest absolute Gasteiger partial charge is 0.290 e. The summed E-state index contributed by atoms with van der Waals surface area (Å²) < 4.78 is 1.29. The topological polar surface area (TPSA) is 103 Å². The van der Waals surface area contributed by atoms with E-state index in [1.807, 2.05) is 18.4 Å². The number of unbranched alkanes of at least 4 members (excludes halogenated alkanes) is 1. The number of hydrogen-bond donors (Lipinski definition) is 2. The first-order valence-electron chi connectivity index (χ1n) is 6.72. The van der Waals surface area contributed by atoms with Crippen molar-refractivity contribution in [3.8, 4) is 11.4 Å². The van der Waals surface area contributed by atoms with Crippen LogP contribution < -0.4 is 16.8 Å². The summed E-state index contributed by atoms with van der Waals surface area (Å²) in [5, 5.41) is 4.28. The van der Waals surface area contributed by atoms with Gasteiger partial charge in [0.25, 0.3) is 11.5 Å². The Morgan fingerprint density at radius 1 is 1.38 bits per heavy atom. The van der Waals surface area contributed by atoms with Crippen molar-refractivity contribution in [2.75, 3.05) is 0 Å². The molecule has 2 aromatic rings. The lowest BCUT2D eigenvalue weighted by Gasteiger charge is -2.09. The van der Waals surface area contributed by atoms with Crippen LogP contribution in [0.4, 0.5) is 0 Å². The maximum Gasteiger partial charge on any atom is 0.279 e. The Morgan fingerprint density at radius 3 is 2.81 bits per heavy atom. The van der Waals surface area contributed by atoms with E-state index in [0.29, 0.717) is 17.9 Å². The second kappa shape index (κ2) is 6.76. The number of nitrogens with zero attached hydrogens (tertiary/aromatic N) is 3. The SMILES string of the molecule is CCCCn1nc(-c2ccccn2)cc(C(=O)NN)c1=O. The summed E-state index contributed by atoms with van der Waals surface area (Å²) in [6.07, 6.45) is 3.34. The van der Waals surface area contributed by atoms with E-state index in [9.17, 15) is 9.59 Å². The number of carbonyl (C=O) groups excluding carboxylic acids is 1. The molecule has 0 aromatic carbocycles. The minimum absolute atomic E-state index is 0.0377. The van der Waals surface area contributed by atoms with E-state index in [-0.39, 0.29) is 5.56 Å². The molecule has 7 heteroatoms. The standard InChI is InChI=1S/C14H17N5O2/c1-2-3-8-19-14(21)10(13(20)17-15)9-12(18-19)11-6-4-5-7-16-11/h4-7,9H,2-3,8,15H2,1H3,(H,17,20). The lowest BCUT2D eigenvalue weighted by atomic mass is 10.2. The van der Waals surface area contributed by atoms with Gasteiger partial charge in [0, 0.05) is 12.7 Å². The number of nitrogens with one attached hydrogen (secondary N) is 1. The average molecular weight is 287 g/mol. The first-order valence-corrected chi connectivity index (χ1v) is 6.72. The van der Waals surface area contributed by atoms with Gasteiger partial charge in [-0.3, -0.25) is 20.0 Å². The van der Waals surface area contributed by atoms with E-state index in [1.165, 1.54) is 10.7 Å². The molecule has 7 nitrogen and oxygen atoms in total. The van der Waals surface area contributed by atoms with Crippen molar-refractivity contribution in [3.05, 3.63) is 46.4 Å². The predicted octanol–water partition coefficient (Wildman–Crippen LogP) is 0.709. The second-order valence-electron chi connectivity index (χ2n) is 4.51. The molecule has 0 aliphatic rings. The van der Waals surface area contributed by atoms with Gasteiger partial charge in [-0.25, -0.2) is 10.5 Å². The summed E-state index contributed by atoms with van der Waals surface area (Å²) in [6.45, 7) is 2.46. The van der Waals surface area contributed by atoms with Crippen LogP contribution in [0.5, 0.6) is 0 Å². The summed E-state index contributed by atoms with van der Waals surface area (Å²) in [6, 6.07) is 6.77. The zero-order valence-electron chi connectivity index (χ0n) is 11.7. The molecular weight excluding hydrogens is 270 g/mol. The fourth-order valence-corrected chi connectivity index (χ4v) is 1.88. The molecule has 0 aliphatic carbocycles. The molecule has 0 atom stereocenters. The third-order valence-corrected chi connectivity index (χ3v) is 3.00. The number of hydrogen-bond acceptors (Lipinski definition) is 5. The number of nitrogens with two attached hydrogens (primary N) is 1. The van der Waals surface area contributed by atoms with Gasteiger partial charge in [0.1, 0.15) is 11.3 Å². The number of aromatic nitrogens is 3. The highest BCUT2D eigenvalue weighted by Crippen LogP contribution is 2.13. The summed E-state index contributed by atoms with van der Waals surface area (Å²) in [5.74, 6) is 4.49. The number of aryl methyl sites for hydroxylation is 1. The van der Waals surface area contributed by atoms with E-state index >= 15 is 0 Å².